The first-order valence-electron chi connectivity index (χ1n) is 11.6. The molecule has 2 amide bonds. The zero-order valence-electron chi connectivity index (χ0n) is 18.7. The Morgan fingerprint density at radius 3 is 2.55 bits per heavy atom. The Bertz CT molecular complexity index is 915. The van der Waals surface area contributed by atoms with E-state index in [0.29, 0.717) is 19.0 Å². The van der Waals surface area contributed by atoms with Gasteiger partial charge in [0.05, 0.1) is 23.0 Å². The summed E-state index contributed by atoms with van der Waals surface area (Å²) >= 11 is 1.60. The lowest BCUT2D eigenvalue weighted by molar-refractivity contribution is -0.135. The summed E-state index contributed by atoms with van der Waals surface area (Å²) in [6.07, 6.45) is 7.99. The predicted molar refractivity (Wildman–Crippen MR) is 125 cm³/mol. The molecule has 1 aromatic carbocycles. The number of carbonyl (C=O) groups is 2. The Kier molecular flexibility index (Phi) is 7.06. The van der Waals surface area contributed by atoms with Gasteiger partial charge in [0.1, 0.15) is 0 Å². The maximum absolute atomic E-state index is 13.1. The number of rotatable bonds is 5. The largest absolute Gasteiger partial charge is 0.353 e. The first-order chi connectivity index (χ1) is 15.0. The first-order valence-corrected chi connectivity index (χ1v) is 12.4. The van der Waals surface area contributed by atoms with Crippen LogP contribution in [-0.4, -0.2) is 40.8 Å². The summed E-state index contributed by atoms with van der Waals surface area (Å²) in [7, 11) is 0. The van der Waals surface area contributed by atoms with E-state index < -0.39 is 0 Å². The molecule has 1 aliphatic carbocycles. The second-order valence-corrected chi connectivity index (χ2v) is 10.4. The highest BCUT2D eigenvalue weighted by atomic mass is 32.1. The molecule has 31 heavy (non-hydrogen) atoms. The lowest BCUT2D eigenvalue weighted by atomic mass is 9.93. The average molecular weight is 440 g/mol. The van der Waals surface area contributed by atoms with Gasteiger partial charge in [-0.3, -0.25) is 9.59 Å². The number of hydrogen-bond donors (Lipinski definition) is 1. The van der Waals surface area contributed by atoms with Crippen molar-refractivity contribution in [1.82, 2.24) is 15.2 Å². The second-order valence-electron chi connectivity index (χ2n) is 9.07. The Morgan fingerprint density at radius 1 is 1.06 bits per heavy atom. The minimum atomic E-state index is -0.0839. The van der Waals surface area contributed by atoms with Crippen molar-refractivity contribution >= 4 is 23.2 Å². The number of benzene rings is 1. The van der Waals surface area contributed by atoms with Crippen LogP contribution in [-0.2, 0) is 16.0 Å². The van der Waals surface area contributed by atoms with Crippen LogP contribution in [0.2, 0.25) is 0 Å². The number of thiazole rings is 1. The Labute approximate surface area is 189 Å². The van der Waals surface area contributed by atoms with E-state index in [1.165, 1.54) is 24.8 Å². The highest BCUT2D eigenvalue weighted by molar-refractivity contribution is 7.12. The van der Waals surface area contributed by atoms with E-state index in [-0.39, 0.29) is 17.7 Å². The highest BCUT2D eigenvalue weighted by Crippen LogP contribution is 2.30. The smallest absolute Gasteiger partial charge is 0.227 e. The summed E-state index contributed by atoms with van der Waals surface area (Å²) < 4.78 is 0. The van der Waals surface area contributed by atoms with Gasteiger partial charge in [0.15, 0.2) is 0 Å². The molecule has 0 spiro atoms. The third-order valence-corrected chi connectivity index (χ3v) is 7.51. The molecule has 1 aliphatic heterocycles. The topological polar surface area (TPSA) is 62.3 Å². The molecule has 4 rings (SSSR count). The first kappa shape index (κ1) is 22.0. The van der Waals surface area contributed by atoms with Gasteiger partial charge in [0.25, 0.3) is 0 Å². The van der Waals surface area contributed by atoms with Gasteiger partial charge >= 0.3 is 0 Å². The highest BCUT2D eigenvalue weighted by Gasteiger charge is 2.30. The van der Waals surface area contributed by atoms with E-state index in [9.17, 15) is 9.59 Å². The minimum Gasteiger partial charge on any atom is -0.353 e. The van der Waals surface area contributed by atoms with E-state index in [1.807, 2.05) is 11.8 Å². The van der Waals surface area contributed by atoms with Crippen LogP contribution < -0.4 is 5.32 Å². The van der Waals surface area contributed by atoms with Gasteiger partial charge in [0.2, 0.25) is 11.8 Å². The van der Waals surface area contributed by atoms with Crippen LogP contribution in [0, 0.1) is 19.8 Å². The van der Waals surface area contributed by atoms with Gasteiger partial charge < -0.3 is 10.2 Å². The molecule has 1 atom stereocenters. The molecule has 2 fully saturated rings. The van der Waals surface area contributed by atoms with Crippen LogP contribution in [0.1, 0.15) is 60.4 Å². The molecule has 166 valence electrons. The quantitative estimate of drug-likeness (QED) is 0.737. The lowest BCUT2D eigenvalue weighted by Gasteiger charge is -2.33. The molecular formula is C25H33N3O2S. The summed E-state index contributed by atoms with van der Waals surface area (Å²) in [4.78, 5) is 33.6. The van der Waals surface area contributed by atoms with E-state index in [1.54, 1.807) is 11.3 Å². The van der Waals surface area contributed by atoms with Crippen LogP contribution in [0.15, 0.2) is 24.3 Å². The average Bonchev–Trinajstić information content (AvgIpc) is 3.15. The van der Waals surface area contributed by atoms with E-state index in [0.717, 1.165) is 53.4 Å². The van der Waals surface area contributed by atoms with Crippen LogP contribution in [0.25, 0.3) is 11.3 Å². The maximum atomic E-state index is 13.1. The van der Waals surface area contributed by atoms with Crippen LogP contribution in [0.4, 0.5) is 0 Å². The SMILES string of the molecule is Cc1ccc(-c2nc(C)sc2CC(=O)N2CCCC(C(=O)NC3CCCCC3)C2)cc1. The number of aryl methyl sites for hydroxylation is 2. The molecular weight excluding hydrogens is 406 g/mol. The summed E-state index contributed by atoms with van der Waals surface area (Å²) in [6.45, 7) is 5.33. The fourth-order valence-corrected chi connectivity index (χ4v) is 5.71. The lowest BCUT2D eigenvalue weighted by Crippen LogP contribution is -2.48. The standard InChI is InChI=1S/C25H33N3O2S/c1-17-10-12-19(13-11-17)24-22(31-18(2)26-24)15-23(29)28-14-6-7-20(16-28)25(30)27-21-8-4-3-5-9-21/h10-13,20-21H,3-9,14-16H2,1-2H3,(H,27,30). The molecule has 0 bridgehead atoms. The molecule has 6 heteroatoms. The molecule has 1 aromatic heterocycles. The second kappa shape index (κ2) is 9.94. The molecule has 1 saturated carbocycles. The molecule has 2 aromatic rings. The van der Waals surface area contributed by atoms with Crippen molar-refractivity contribution in [3.05, 3.63) is 39.7 Å². The zero-order chi connectivity index (χ0) is 21.8. The van der Waals surface area contributed by atoms with Gasteiger partial charge in [-0.2, -0.15) is 0 Å². The normalized spacial score (nSPS) is 19.9. The van der Waals surface area contributed by atoms with Crippen LogP contribution in [0.5, 0.6) is 0 Å². The molecule has 1 N–H and O–H groups in total. The number of nitrogens with zero attached hydrogens (tertiary/aromatic N) is 2. The van der Waals surface area contributed by atoms with Crippen LogP contribution in [0.3, 0.4) is 0 Å². The van der Waals surface area contributed by atoms with E-state index >= 15 is 0 Å². The molecule has 2 aliphatic rings. The zero-order valence-corrected chi connectivity index (χ0v) is 19.5. The van der Waals surface area contributed by atoms with Gasteiger partial charge in [-0.1, -0.05) is 49.1 Å². The Hall–Kier alpha value is -2.21. The number of amides is 2. The van der Waals surface area contributed by atoms with Crippen molar-refractivity contribution < 1.29 is 9.59 Å². The number of hydrogen-bond acceptors (Lipinski definition) is 4. The third-order valence-electron chi connectivity index (χ3n) is 6.54. The number of carbonyl (C=O) groups excluding carboxylic acids is 2. The Morgan fingerprint density at radius 2 is 1.81 bits per heavy atom. The molecule has 1 unspecified atom stereocenters. The van der Waals surface area contributed by atoms with Crippen molar-refractivity contribution in [2.75, 3.05) is 13.1 Å². The van der Waals surface area contributed by atoms with Gasteiger partial charge in [-0.15, -0.1) is 11.3 Å². The summed E-state index contributed by atoms with van der Waals surface area (Å²) in [5.41, 5.74) is 3.18. The van der Waals surface area contributed by atoms with Crippen LogP contribution >= 0.6 is 11.3 Å². The molecule has 0 radical (unpaired) electrons. The summed E-state index contributed by atoms with van der Waals surface area (Å²) in [6, 6.07) is 8.63. The predicted octanol–water partition coefficient (Wildman–Crippen LogP) is 4.66. The van der Waals surface area contributed by atoms with Gasteiger partial charge in [-0.25, -0.2) is 4.98 Å². The van der Waals surface area contributed by atoms with E-state index in [4.69, 9.17) is 4.98 Å². The maximum Gasteiger partial charge on any atom is 0.227 e. The summed E-state index contributed by atoms with van der Waals surface area (Å²) in [5.74, 6) is 0.157. The van der Waals surface area contributed by atoms with Gasteiger partial charge in [-0.05, 0) is 39.5 Å². The van der Waals surface area contributed by atoms with Crippen molar-refractivity contribution in [2.45, 2.75) is 71.3 Å². The summed E-state index contributed by atoms with van der Waals surface area (Å²) in [5, 5.41) is 4.23. The van der Waals surface area contributed by atoms with Crippen molar-refractivity contribution in [1.29, 1.82) is 0 Å². The Balaban J connectivity index is 1.39. The van der Waals surface area contributed by atoms with Crippen molar-refractivity contribution in [3.8, 4) is 11.3 Å². The molecule has 2 heterocycles. The minimum absolute atomic E-state index is 0.0839. The third kappa shape index (κ3) is 5.53. The number of nitrogens with one attached hydrogen (secondary N) is 1. The van der Waals surface area contributed by atoms with E-state index in [2.05, 4.69) is 36.5 Å². The fourth-order valence-electron chi connectivity index (χ4n) is 4.76. The molecule has 1 saturated heterocycles. The molecule has 5 nitrogen and oxygen atoms in total. The van der Waals surface area contributed by atoms with Crippen molar-refractivity contribution in [3.63, 3.8) is 0 Å². The fraction of sp³-hybridized carbons (Fsp3) is 0.560. The number of likely N-dealkylation sites (tertiary alicyclic amines) is 1. The monoisotopic (exact) mass is 439 g/mol. The number of piperidine rings is 1. The number of aromatic nitrogens is 1. The van der Waals surface area contributed by atoms with Crippen molar-refractivity contribution in [2.24, 2.45) is 5.92 Å². The van der Waals surface area contributed by atoms with Gasteiger partial charge in [0, 0.05) is 29.6 Å².